The molecule has 1 unspecified atom stereocenters. The standard InChI is InChI=1S/C24H24ClFN4O3/c1-3-22(31)28(4-2)14-21-24(33)30(20-10-7-17(12-27)11-19(20)26)15-23(32)29(21)13-16-5-8-18(25)9-6-16/h5-11,21H,3-4,13-15H2,1-2H3. The fourth-order valence-electron chi connectivity index (χ4n) is 3.79. The molecule has 0 bridgehead atoms. The fourth-order valence-corrected chi connectivity index (χ4v) is 3.92. The van der Waals surface area contributed by atoms with Gasteiger partial charge in [-0.05, 0) is 42.8 Å². The molecule has 1 aliphatic rings. The zero-order chi connectivity index (χ0) is 24.1. The largest absolute Gasteiger partial charge is 0.340 e. The number of rotatable bonds is 7. The molecule has 172 valence electrons. The monoisotopic (exact) mass is 470 g/mol. The minimum absolute atomic E-state index is 0.00423. The highest BCUT2D eigenvalue weighted by molar-refractivity contribution is 6.30. The molecule has 1 heterocycles. The SMILES string of the molecule is CCC(=O)N(CC)CC1C(=O)N(c2ccc(C#N)cc2F)CC(=O)N1Cc1ccc(Cl)cc1. The maximum Gasteiger partial charge on any atom is 0.252 e. The lowest BCUT2D eigenvalue weighted by atomic mass is 10.1. The molecular weight excluding hydrogens is 447 g/mol. The first-order valence-corrected chi connectivity index (χ1v) is 11.0. The van der Waals surface area contributed by atoms with Crippen molar-refractivity contribution in [3.8, 4) is 6.07 Å². The minimum atomic E-state index is -0.993. The Bertz CT molecular complexity index is 1100. The van der Waals surface area contributed by atoms with Gasteiger partial charge in [-0.15, -0.1) is 0 Å². The first kappa shape index (κ1) is 24.2. The number of carbonyl (C=O) groups excluding carboxylic acids is 3. The van der Waals surface area contributed by atoms with Crippen LogP contribution in [0.4, 0.5) is 10.1 Å². The summed E-state index contributed by atoms with van der Waals surface area (Å²) in [6, 6.07) is 11.5. The van der Waals surface area contributed by atoms with Crippen molar-refractivity contribution in [3.05, 3.63) is 64.4 Å². The van der Waals surface area contributed by atoms with Gasteiger partial charge in [0.25, 0.3) is 5.91 Å². The summed E-state index contributed by atoms with van der Waals surface area (Å²) in [5.41, 5.74) is 0.806. The van der Waals surface area contributed by atoms with Crippen molar-refractivity contribution in [3.63, 3.8) is 0 Å². The molecule has 0 aliphatic carbocycles. The summed E-state index contributed by atoms with van der Waals surface area (Å²) >= 11 is 5.96. The van der Waals surface area contributed by atoms with Crippen LogP contribution in [0.25, 0.3) is 0 Å². The van der Waals surface area contributed by atoms with Gasteiger partial charge in [0.05, 0.1) is 23.9 Å². The van der Waals surface area contributed by atoms with Gasteiger partial charge in [-0.25, -0.2) is 4.39 Å². The van der Waals surface area contributed by atoms with E-state index in [1.165, 1.54) is 21.9 Å². The number of nitriles is 1. The Kier molecular flexibility index (Phi) is 7.67. The van der Waals surface area contributed by atoms with E-state index in [1.807, 2.05) is 6.07 Å². The van der Waals surface area contributed by atoms with Gasteiger partial charge in [0.15, 0.2) is 0 Å². The summed E-state index contributed by atoms with van der Waals surface area (Å²) in [5, 5.41) is 9.54. The van der Waals surface area contributed by atoms with E-state index in [1.54, 1.807) is 38.1 Å². The van der Waals surface area contributed by atoms with Crippen LogP contribution < -0.4 is 4.90 Å². The van der Waals surface area contributed by atoms with Crippen molar-refractivity contribution >= 4 is 35.0 Å². The normalized spacial score (nSPS) is 16.0. The number of hydrogen-bond acceptors (Lipinski definition) is 4. The molecular formula is C24H24ClFN4O3. The second kappa shape index (κ2) is 10.5. The van der Waals surface area contributed by atoms with Crippen LogP contribution in [0.5, 0.6) is 0 Å². The number of likely N-dealkylation sites (N-methyl/N-ethyl adjacent to an activating group) is 1. The molecule has 7 nitrogen and oxygen atoms in total. The van der Waals surface area contributed by atoms with E-state index in [0.717, 1.165) is 16.5 Å². The van der Waals surface area contributed by atoms with Crippen LogP contribution in [0, 0.1) is 17.1 Å². The Morgan fingerprint density at radius 3 is 2.48 bits per heavy atom. The van der Waals surface area contributed by atoms with E-state index in [-0.39, 0.29) is 49.1 Å². The van der Waals surface area contributed by atoms with E-state index < -0.39 is 17.8 Å². The van der Waals surface area contributed by atoms with Crippen molar-refractivity contribution in [2.24, 2.45) is 0 Å². The molecule has 3 amide bonds. The molecule has 0 saturated carbocycles. The van der Waals surface area contributed by atoms with Gasteiger partial charge in [-0.2, -0.15) is 5.26 Å². The van der Waals surface area contributed by atoms with Crippen molar-refractivity contribution in [2.45, 2.75) is 32.9 Å². The quantitative estimate of drug-likeness (QED) is 0.621. The van der Waals surface area contributed by atoms with E-state index in [2.05, 4.69) is 0 Å². The van der Waals surface area contributed by atoms with Crippen molar-refractivity contribution in [2.75, 3.05) is 24.5 Å². The van der Waals surface area contributed by atoms with Crippen molar-refractivity contribution in [1.29, 1.82) is 5.26 Å². The molecule has 3 rings (SSSR count). The van der Waals surface area contributed by atoms with Gasteiger partial charge in [0.1, 0.15) is 18.4 Å². The van der Waals surface area contributed by atoms with Gasteiger partial charge in [0, 0.05) is 24.5 Å². The lowest BCUT2D eigenvalue weighted by molar-refractivity contribution is -0.146. The van der Waals surface area contributed by atoms with Crippen LogP contribution in [-0.2, 0) is 20.9 Å². The van der Waals surface area contributed by atoms with Gasteiger partial charge in [-0.1, -0.05) is 30.7 Å². The molecule has 1 fully saturated rings. The summed E-state index contributed by atoms with van der Waals surface area (Å²) in [4.78, 5) is 43.1. The second-order valence-electron chi connectivity index (χ2n) is 7.65. The molecule has 9 heteroatoms. The zero-order valence-electron chi connectivity index (χ0n) is 18.4. The molecule has 0 radical (unpaired) electrons. The number of carbonyl (C=O) groups is 3. The summed E-state index contributed by atoms with van der Waals surface area (Å²) in [7, 11) is 0. The minimum Gasteiger partial charge on any atom is -0.340 e. The Balaban J connectivity index is 1.97. The summed E-state index contributed by atoms with van der Waals surface area (Å²) in [6.45, 7) is 3.68. The Labute approximate surface area is 196 Å². The number of benzene rings is 2. The van der Waals surface area contributed by atoms with Gasteiger partial charge < -0.3 is 9.80 Å². The molecule has 2 aromatic rings. The average Bonchev–Trinajstić information content (AvgIpc) is 2.82. The van der Waals surface area contributed by atoms with Gasteiger partial charge in [-0.3, -0.25) is 19.3 Å². The Hall–Kier alpha value is -3.44. The van der Waals surface area contributed by atoms with E-state index in [9.17, 15) is 18.8 Å². The maximum absolute atomic E-state index is 14.7. The predicted molar refractivity (Wildman–Crippen MR) is 122 cm³/mol. The summed E-state index contributed by atoms with van der Waals surface area (Å²) < 4.78 is 14.7. The Morgan fingerprint density at radius 1 is 1.21 bits per heavy atom. The molecule has 1 aliphatic heterocycles. The average molecular weight is 471 g/mol. The number of piperazine rings is 1. The zero-order valence-corrected chi connectivity index (χ0v) is 19.2. The summed E-state index contributed by atoms with van der Waals surface area (Å²) in [6.07, 6.45) is 0.258. The lowest BCUT2D eigenvalue weighted by Gasteiger charge is -2.42. The first-order chi connectivity index (χ1) is 15.8. The topological polar surface area (TPSA) is 84.7 Å². The predicted octanol–water partition coefficient (Wildman–Crippen LogP) is 3.35. The highest BCUT2D eigenvalue weighted by atomic mass is 35.5. The van der Waals surface area contributed by atoms with Crippen molar-refractivity contribution < 1.29 is 18.8 Å². The number of nitrogens with zero attached hydrogens (tertiary/aromatic N) is 4. The molecule has 1 saturated heterocycles. The van der Waals surface area contributed by atoms with Gasteiger partial charge in [0.2, 0.25) is 11.8 Å². The lowest BCUT2D eigenvalue weighted by Crippen LogP contribution is -2.63. The number of halogens is 2. The highest BCUT2D eigenvalue weighted by Crippen LogP contribution is 2.27. The molecule has 33 heavy (non-hydrogen) atoms. The molecule has 1 atom stereocenters. The van der Waals surface area contributed by atoms with E-state index >= 15 is 0 Å². The second-order valence-corrected chi connectivity index (χ2v) is 8.09. The van der Waals surface area contributed by atoms with Gasteiger partial charge >= 0.3 is 0 Å². The number of anilines is 1. The maximum atomic E-state index is 14.7. The number of amides is 3. The Morgan fingerprint density at radius 2 is 1.91 bits per heavy atom. The van der Waals surface area contributed by atoms with Crippen LogP contribution in [0.1, 0.15) is 31.4 Å². The number of hydrogen-bond donors (Lipinski definition) is 0. The van der Waals surface area contributed by atoms with Crippen LogP contribution in [-0.4, -0.2) is 53.2 Å². The third kappa shape index (κ3) is 5.32. The first-order valence-electron chi connectivity index (χ1n) is 10.6. The van der Waals surface area contributed by atoms with Crippen LogP contribution in [0.15, 0.2) is 42.5 Å². The summed E-state index contributed by atoms with van der Waals surface area (Å²) in [5.74, 6) is -1.78. The van der Waals surface area contributed by atoms with Crippen molar-refractivity contribution in [1.82, 2.24) is 9.80 Å². The van der Waals surface area contributed by atoms with E-state index in [4.69, 9.17) is 16.9 Å². The molecule has 0 N–H and O–H groups in total. The molecule has 0 aromatic heterocycles. The third-order valence-electron chi connectivity index (χ3n) is 5.60. The highest BCUT2D eigenvalue weighted by Gasteiger charge is 2.42. The van der Waals surface area contributed by atoms with Crippen LogP contribution >= 0.6 is 11.6 Å². The van der Waals surface area contributed by atoms with Crippen LogP contribution in [0.2, 0.25) is 5.02 Å². The third-order valence-corrected chi connectivity index (χ3v) is 5.86. The smallest absolute Gasteiger partial charge is 0.252 e. The van der Waals surface area contributed by atoms with Crippen LogP contribution in [0.3, 0.4) is 0 Å². The fraction of sp³-hybridized carbons (Fsp3) is 0.333. The molecule has 2 aromatic carbocycles. The molecule has 0 spiro atoms. The van der Waals surface area contributed by atoms with E-state index in [0.29, 0.717) is 11.6 Å².